The van der Waals surface area contributed by atoms with Crippen LogP contribution in [0.15, 0.2) is 48.5 Å². The number of carbonyl (C=O) groups excluding carboxylic acids is 2. The molecule has 0 aromatic heterocycles. The Morgan fingerprint density at radius 1 is 1.06 bits per heavy atom. The number of carbonyl (C=O) groups is 3. The maximum atomic E-state index is 13.6. The van der Waals surface area contributed by atoms with Crippen LogP contribution in [0.5, 0.6) is 0 Å². The molecule has 2 N–H and O–H groups in total. The first-order valence-corrected chi connectivity index (χ1v) is 12.1. The molecule has 186 valence electrons. The van der Waals surface area contributed by atoms with E-state index in [4.69, 9.17) is 9.47 Å². The van der Waals surface area contributed by atoms with Crippen molar-refractivity contribution in [3.63, 3.8) is 0 Å². The zero-order chi connectivity index (χ0) is 25.0. The number of rotatable bonds is 8. The molecule has 4 rings (SSSR count). The van der Waals surface area contributed by atoms with Gasteiger partial charge in [0.05, 0.1) is 6.61 Å². The molecule has 2 atom stereocenters. The van der Waals surface area contributed by atoms with E-state index in [0.29, 0.717) is 19.4 Å². The Morgan fingerprint density at radius 2 is 1.69 bits per heavy atom. The van der Waals surface area contributed by atoms with Gasteiger partial charge in [-0.1, -0.05) is 55.5 Å². The van der Waals surface area contributed by atoms with E-state index >= 15 is 0 Å². The Morgan fingerprint density at radius 3 is 2.26 bits per heavy atom. The summed E-state index contributed by atoms with van der Waals surface area (Å²) in [6.45, 7) is 2.12. The van der Waals surface area contributed by atoms with E-state index in [9.17, 15) is 19.5 Å². The third kappa shape index (κ3) is 4.75. The topological polar surface area (TPSA) is 105 Å². The summed E-state index contributed by atoms with van der Waals surface area (Å²) < 4.78 is 11.0. The number of carboxylic acids is 1. The summed E-state index contributed by atoms with van der Waals surface area (Å²) in [5.74, 6) is -1.61. The van der Waals surface area contributed by atoms with E-state index in [0.717, 1.165) is 28.7 Å². The molecule has 2 amide bonds. The van der Waals surface area contributed by atoms with Gasteiger partial charge in [0.15, 0.2) is 0 Å². The number of fused-ring (bicyclic) bond motifs is 3. The highest BCUT2D eigenvalue weighted by Crippen LogP contribution is 2.44. The Labute approximate surface area is 205 Å². The number of nitrogens with one attached hydrogen (secondary N) is 1. The average molecular weight is 481 g/mol. The molecule has 1 fully saturated rings. The zero-order valence-electron chi connectivity index (χ0n) is 20.2. The number of hydrogen-bond donors (Lipinski definition) is 2. The third-order valence-electron chi connectivity index (χ3n) is 7.14. The summed E-state index contributed by atoms with van der Waals surface area (Å²) in [5.41, 5.74) is 3.02. The van der Waals surface area contributed by atoms with Gasteiger partial charge < -0.3 is 24.8 Å². The highest BCUT2D eigenvalue weighted by molar-refractivity contribution is 5.93. The van der Waals surface area contributed by atoms with Crippen molar-refractivity contribution in [1.82, 2.24) is 10.2 Å². The molecule has 1 aliphatic heterocycles. The molecule has 0 spiro atoms. The predicted octanol–water partition coefficient (Wildman–Crippen LogP) is 3.79. The minimum Gasteiger partial charge on any atom is -0.480 e. The molecule has 8 nitrogen and oxygen atoms in total. The van der Waals surface area contributed by atoms with E-state index < -0.39 is 29.6 Å². The van der Waals surface area contributed by atoms with Gasteiger partial charge in [-0.15, -0.1) is 0 Å². The summed E-state index contributed by atoms with van der Waals surface area (Å²) in [6, 6.07) is 15.2. The van der Waals surface area contributed by atoms with Crippen molar-refractivity contribution in [1.29, 1.82) is 0 Å². The van der Waals surface area contributed by atoms with Gasteiger partial charge in [-0.25, -0.2) is 9.59 Å². The first-order valence-electron chi connectivity index (χ1n) is 12.1. The molecule has 1 aliphatic carbocycles. The van der Waals surface area contributed by atoms with Crippen molar-refractivity contribution < 1.29 is 29.0 Å². The van der Waals surface area contributed by atoms with Gasteiger partial charge >= 0.3 is 12.1 Å². The average Bonchev–Trinajstić information content (AvgIpc) is 3.20. The number of amides is 2. The van der Waals surface area contributed by atoms with Crippen molar-refractivity contribution in [2.45, 2.75) is 50.1 Å². The number of ether oxygens (including phenoxy) is 2. The maximum absolute atomic E-state index is 13.6. The van der Waals surface area contributed by atoms with Crippen molar-refractivity contribution in [3.05, 3.63) is 59.7 Å². The molecule has 2 unspecified atom stereocenters. The normalized spacial score (nSPS) is 18.8. The summed E-state index contributed by atoms with van der Waals surface area (Å²) >= 11 is 0. The lowest BCUT2D eigenvalue weighted by Gasteiger charge is -2.40. The molecule has 8 heteroatoms. The summed E-state index contributed by atoms with van der Waals surface area (Å²) in [5, 5.41) is 12.4. The second-order valence-electron chi connectivity index (χ2n) is 9.17. The summed E-state index contributed by atoms with van der Waals surface area (Å²) in [7, 11) is 1.45. The number of carboxylic acid groups (broad SMARTS) is 1. The number of benzene rings is 2. The molecule has 0 bridgehead atoms. The smallest absolute Gasteiger partial charge is 0.408 e. The van der Waals surface area contributed by atoms with Crippen molar-refractivity contribution in [2.24, 2.45) is 0 Å². The van der Waals surface area contributed by atoms with E-state index in [-0.39, 0.29) is 25.6 Å². The van der Waals surface area contributed by atoms with Gasteiger partial charge in [-0.3, -0.25) is 4.79 Å². The molecule has 2 aromatic rings. The van der Waals surface area contributed by atoms with Crippen LogP contribution in [0, 0.1) is 0 Å². The fraction of sp³-hybridized carbons (Fsp3) is 0.444. The Kier molecular flexibility index (Phi) is 7.40. The zero-order valence-corrected chi connectivity index (χ0v) is 20.2. The van der Waals surface area contributed by atoms with Crippen molar-refractivity contribution in [3.8, 4) is 11.1 Å². The van der Waals surface area contributed by atoms with Crippen LogP contribution in [0.4, 0.5) is 4.79 Å². The van der Waals surface area contributed by atoms with Gasteiger partial charge in [-0.05, 0) is 47.9 Å². The van der Waals surface area contributed by atoms with Crippen LogP contribution in [0.3, 0.4) is 0 Å². The van der Waals surface area contributed by atoms with Crippen LogP contribution >= 0.6 is 0 Å². The van der Waals surface area contributed by atoms with E-state index in [1.807, 2.05) is 36.4 Å². The third-order valence-corrected chi connectivity index (χ3v) is 7.14. The number of alkyl carbamates (subject to hydrolysis) is 1. The van der Waals surface area contributed by atoms with Gasteiger partial charge in [0.25, 0.3) is 5.91 Å². The van der Waals surface area contributed by atoms with Crippen LogP contribution in [0.2, 0.25) is 0 Å². The van der Waals surface area contributed by atoms with Crippen LogP contribution in [0.25, 0.3) is 11.1 Å². The second kappa shape index (κ2) is 10.5. The molecular weight excluding hydrogens is 448 g/mol. The Bertz CT molecular complexity index is 1060. The molecule has 1 saturated heterocycles. The molecule has 1 heterocycles. The van der Waals surface area contributed by atoms with Crippen LogP contribution in [-0.4, -0.2) is 66.4 Å². The van der Waals surface area contributed by atoms with Crippen LogP contribution in [-0.2, 0) is 19.1 Å². The Balaban J connectivity index is 1.51. The number of piperidine rings is 1. The number of methoxy groups -OCH3 is 1. The van der Waals surface area contributed by atoms with Gasteiger partial charge in [-0.2, -0.15) is 0 Å². The second-order valence-corrected chi connectivity index (χ2v) is 9.17. The monoisotopic (exact) mass is 480 g/mol. The van der Waals surface area contributed by atoms with Crippen molar-refractivity contribution in [2.75, 3.05) is 26.9 Å². The first kappa shape index (κ1) is 24.7. The largest absolute Gasteiger partial charge is 0.480 e. The summed E-state index contributed by atoms with van der Waals surface area (Å²) in [6.07, 6.45) is 1.34. The number of aliphatic carboxylic acids is 1. The van der Waals surface area contributed by atoms with Crippen LogP contribution < -0.4 is 5.32 Å². The van der Waals surface area contributed by atoms with E-state index in [1.54, 1.807) is 6.92 Å². The lowest BCUT2D eigenvalue weighted by atomic mass is 9.92. The molecule has 2 aromatic carbocycles. The fourth-order valence-corrected chi connectivity index (χ4v) is 5.28. The highest BCUT2D eigenvalue weighted by Gasteiger charge is 2.46. The minimum atomic E-state index is -1.41. The summed E-state index contributed by atoms with van der Waals surface area (Å²) in [4.78, 5) is 39.7. The van der Waals surface area contributed by atoms with Gasteiger partial charge in [0, 0.05) is 19.6 Å². The molecular formula is C27H32N2O6. The standard InChI is InChI=1S/C27H32N2O6/c1-3-27(17-34-2,25(32)29-15-9-8-14-23(29)24(30)31)28-26(33)35-16-22-20-12-6-4-10-18(20)19-11-5-7-13-21(19)22/h4-7,10-13,22-23H,3,8-9,14-17H2,1-2H3,(H,28,33)(H,30,31). The van der Waals surface area contributed by atoms with Crippen molar-refractivity contribution >= 4 is 18.0 Å². The molecule has 0 radical (unpaired) electrons. The van der Waals surface area contributed by atoms with Gasteiger partial charge in [0.2, 0.25) is 0 Å². The predicted molar refractivity (Wildman–Crippen MR) is 130 cm³/mol. The maximum Gasteiger partial charge on any atom is 0.408 e. The lowest BCUT2D eigenvalue weighted by molar-refractivity contribution is -0.156. The SMILES string of the molecule is CCC(COC)(NC(=O)OCC1c2ccccc2-c2ccccc21)C(=O)N1CCCCC1C(=O)O. The molecule has 2 aliphatic rings. The number of nitrogens with zero attached hydrogens (tertiary/aromatic N) is 1. The highest BCUT2D eigenvalue weighted by atomic mass is 16.5. The quantitative estimate of drug-likeness (QED) is 0.596. The minimum absolute atomic E-state index is 0.0879. The first-order chi connectivity index (χ1) is 16.9. The molecule has 35 heavy (non-hydrogen) atoms. The van der Waals surface area contributed by atoms with Crippen LogP contribution in [0.1, 0.15) is 49.7 Å². The van der Waals surface area contributed by atoms with Gasteiger partial charge in [0.1, 0.15) is 18.2 Å². The fourth-order valence-electron chi connectivity index (χ4n) is 5.28. The number of likely N-dealkylation sites (tertiary alicyclic amines) is 1. The van der Waals surface area contributed by atoms with E-state index in [2.05, 4.69) is 17.4 Å². The van der Waals surface area contributed by atoms with E-state index in [1.165, 1.54) is 12.0 Å². The lowest BCUT2D eigenvalue weighted by Crippen LogP contribution is -2.65. The number of hydrogen-bond acceptors (Lipinski definition) is 5. The molecule has 0 saturated carbocycles. The Hall–Kier alpha value is -3.39.